The van der Waals surface area contributed by atoms with Crippen molar-refractivity contribution in [3.05, 3.63) is 0 Å². The first-order chi connectivity index (χ1) is 6.75. The summed E-state index contributed by atoms with van der Waals surface area (Å²) in [5.41, 5.74) is 0. The molecular formula is C11H20N2O. The Bertz CT molecular complexity index is 201. The zero-order valence-electron chi connectivity index (χ0n) is 8.88. The third kappa shape index (κ3) is 2.71. The lowest BCUT2D eigenvalue weighted by molar-refractivity contribution is -0.122. The Morgan fingerprint density at radius 1 is 1.50 bits per heavy atom. The minimum Gasteiger partial charge on any atom is -0.353 e. The van der Waals surface area contributed by atoms with Gasteiger partial charge in [-0.1, -0.05) is 0 Å². The molecule has 0 radical (unpaired) electrons. The fourth-order valence-corrected chi connectivity index (χ4v) is 2.18. The number of carbonyl (C=O) groups is 1. The molecule has 0 aromatic carbocycles. The van der Waals surface area contributed by atoms with E-state index in [4.69, 9.17) is 0 Å². The van der Waals surface area contributed by atoms with Gasteiger partial charge in [-0.2, -0.15) is 0 Å². The van der Waals surface area contributed by atoms with E-state index in [1.807, 2.05) is 0 Å². The third-order valence-corrected chi connectivity index (χ3v) is 3.35. The molecule has 1 amide bonds. The summed E-state index contributed by atoms with van der Waals surface area (Å²) in [6.07, 6.45) is 4.47. The van der Waals surface area contributed by atoms with E-state index in [-0.39, 0.29) is 5.91 Å². The van der Waals surface area contributed by atoms with E-state index in [2.05, 4.69) is 17.6 Å². The summed E-state index contributed by atoms with van der Waals surface area (Å²) < 4.78 is 0. The first kappa shape index (κ1) is 9.97. The molecule has 1 heterocycles. The second kappa shape index (κ2) is 4.30. The van der Waals surface area contributed by atoms with Crippen molar-refractivity contribution < 1.29 is 4.79 Å². The molecule has 0 spiro atoms. The van der Waals surface area contributed by atoms with E-state index in [1.165, 1.54) is 12.8 Å². The van der Waals surface area contributed by atoms with Crippen LogP contribution in [0, 0.1) is 11.8 Å². The van der Waals surface area contributed by atoms with Crippen LogP contribution in [0.2, 0.25) is 0 Å². The number of hydrogen-bond donors (Lipinski definition) is 2. The summed E-state index contributed by atoms with van der Waals surface area (Å²) in [4.78, 5) is 11.6. The SMILES string of the molecule is CC(NC(=O)CC1CCNC1)C1CC1. The van der Waals surface area contributed by atoms with Crippen LogP contribution in [0.4, 0.5) is 0 Å². The summed E-state index contributed by atoms with van der Waals surface area (Å²) in [6.45, 7) is 4.23. The molecule has 2 aliphatic rings. The lowest BCUT2D eigenvalue weighted by Crippen LogP contribution is -2.35. The Morgan fingerprint density at radius 2 is 2.29 bits per heavy atom. The van der Waals surface area contributed by atoms with E-state index in [1.54, 1.807) is 0 Å². The predicted octanol–water partition coefficient (Wildman–Crippen LogP) is 0.901. The van der Waals surface area contributed by atoms with Gasteiger partial charge in [0.05, 0.1) is 0 Å². The van der Waals surface area contributed by atoms with E-state index in [0.29, 0.717) is 18.4 Å². The normalized spacial score (nSPS) is 28.8. The van der Waals surface area contributed by atoms with E-state index < -0.39 is 0 Å². The monoisotopic (exact) mass is 196 g/mol. The van der Waals surface area contributed by atoms with Gasteiger partial charge in [0, 0.05) is 12.5 Å². The molecule has 1 saturated carbocycles. The Morgan fingerprint density at radius 3 is 2.86 bits per heavy atom. The first-order valence-electron chi connectivity index (χ1n) is 5.76. The van der Waals surface area contributed by atoms with Crippen LogP contribution in [0.1, 0.15) is 32.6 Å². The van der Waals surface area contributed by atoms with Gasteiger partial charge in [0.2, 0.25) is 5.91 Å². The van der Waals surface area contributed by atoms with Gasteiger partial charge in [-0.3, -0.25) is 4.79 Å². The molecule has 1 aliphatic carbocycles. The van der Waals surface area contributed by atoms with Gasteiger partial charge in [-0.05, 0) is 51.1 Å². The van der Waals surface area contributed by atoms with Crippen molar-refractivity contribution >= 4 is 5.91 Å². The van der Waals surface area contributed by atoms with Crippen LogP contribution in [0.25, 0.3) is 0 Å². The largest absolute Gasteiger partial charge is 0.353 e. The Labute approximate surface area is 85.6 Å². The van der Waals surface area contributed by atoms with Crippen molar-refractivity contribution in [2.24, 2.45) is 11.8 Å². The van der Waals surface area contributed by atoms with Crippen molar-refractivity contribution in [3.63, 3.8) is 0 Å². The van der Waals surface area contributed by atoms with Gasteiger partial charge in [0.1, 0.15) is 0 Å². The standard InChI is InChI=1S/C11H20N2O/c1-8(10-2-3-10)13-11(14)6-9-4-5-12-7-9/h8-10,12H,2-7H2,1H3,(H,13,14). The molecule has 2 atom stereocenters. The van der Waals surface area contributed by atoms with Crippen molar-refractivity contribution in [1.82, 2.24) is 10.6 Å². The Balaban J connectivity index is 1.66. The van der Waals surface area contributed by atoms with Crippen LogP contribution in [0.3, 0.4) is 0 Å². The number of rotatable bonds is 4. The number of carbonyl (C=O) groups excluding carboxylic acids is 1. The molecule has 0 bridgehead atoms. The highest BCUT2D eigenvalue weighted by atomic mass is 16.1. The van der Waals surface area contributed by atoms with Crippen LogP contribution < -0.4 is 10.6 Å². The highest BCUT2D eigenvalue weighted by Crippen LogP contribution is 2.32. The molecule has 2 N–H and O–H groups in total. The summed E-state index contributed by atoms with van der Waals surface area (Å²) >= 11 is 0. The molecule has 80 valence electrons. The van der Waals surface area contributed by atoms with Gasteiger partial charge in [-0.25, -0.2) is 0 Å². The quantitative estimate of drug-likeness (QED) is 0.701. The maximum atomic E-state index is 11.6. The maximum Gasteiger partial charge on any atom is 0.220 e. The highest BCUT2D eigenvalue weighted by molar-refractivity contribution is 5.76. The van der Waals surface area contributed by atoms with E-state index in [9.17, 15) is 4.79 Å². The Kier molecular flexibility index (Phi) is 3.06. The van der Waals surface area contributed by atoms with Gasteiger partial charge >= 0.3 is 0 Å². The zero-order valence-corrected chi connectivity index (χ0v) is 8.88. The molecular weight excluding hydrogens is 176 g/mol. The fraction of sp³-hybridized carbons (Fsp3) is 0.909. The minimum absolute atomic E-state index is 0.248. The van der Waals surface area contributed by atoms with E-state index in [0.717, 1.165) is 25.4 Å². The van der Waals surface area contributed by atoms with Crippen molar-refractivity contribution in [2.45, 2.75) is 38.6 Å². The zero-order chi connectivity index (χ0) is 9.97. The van der Waals surface area contributed by atoms with Crippen LogP contribution in [0.15, 0.2) is 0 Å². The predicted molar refractivity (Wildman–Crippen MR) is 55.9 cm³/mol. The topological polar surface area (TPSA) is 41.1 Å². The lowest BCUT2D eigenvalue weighted by atomic mass is 10.0. The molecule has 0 aromatic rings. The second-order valence-electron chi connectivity index (χ2n) is 4.76. The Hall–Kier alpha value is -0.570. The first-order valence-corrected chi connectivity index (χ1v) is 5.76. The lowest BCUT2D eigenvalue weighted by Gasteiger charge is -2.14. The van der Waals surface area contributed by atoms with Crippen LogP contribution in [-0.2, 0) is 4.79 Å². The average molecular weight is 196 g/mol. The summed E-state index contributed by atoms with van der Waals surface area (Å²) in [7, 11) is 0. The summed E-state index contributed by atoms with van der Waals surface area (Å²) in [5.74, 6) is 1.58. The van der Waals surface area contributed by atoms with Crippen molar-refractivity contribution in [3.8, 4) is 0 Å². The molecule has 1 saturated heterocycles. The number of nitrogens with one attached hydrogen (secondary N) is 2. The fourth-order valence-electron chi connectivity index (χ4n) is 2.18. The smallest absolute Gasteiger partial charge is 0.220 e. The van der Waals surface area contributed by atoms with Gasteiger partial charge in [0.15, 0.2) is 0 Å². The van der Waals surface area contributed by atoms with Crippen LogP contribution in [-0.4, -0.2) is 25.0 Å². The highest BCUT2D eigenvalue weighted by Gasteiger charge is 2.29. The van der Waals surface area contributed by atoms with E-state index >= 15 is 0 Å². The van der Waals surface area contributed by atoms with Crippen molar-refractivity contribution in [1.29, 1.82) is 0 Å². The summed E-state index contributed by atoms with van der Waals surface area (Å²) in [6, 6.07) is 0.400. The molecule has 14 heavy (non-hydrogen) atoms. The molecule has 3 heteroatoms. The van der Waals surface area contributed by atoms with Gasteiger partial charge in [0.25, 0.3) is 0 Å². The van der Waals surface area contributed by atoms with Crippen LogP contribution in [0.5, 0.6) is 0 Å². The average Bonchev–Trinajstić information content (AvgIpc) is 2.87. The van der Waals surface area contributed by atoms with Gasteiger partial charge < -0.3 is 10.6 Å². The molecule has 3 nitrogen and oxygen atoms in total. The molecule has 2 rings (SSSR count). The molecule has 1 aliphatic heterocycles. The molecule has 0 aromatic heterocycles. The number of hydrogen-bond acceptors (Lipinski definition) is 2. The summed E-state index contributed by atoms with van der Waals surface area (Å²) in [5, 5.41) is 6.39. The second-order valence-corrected chi connectivity index (χ2v) is 4.76. The van der Waals surface area contributed by atoms with Crippen molar-refractivity contribution in [2.75, 3.05) is 13.1 Å². The molecule has 2 fully saturated rings. The molecule has 2 unspecified atom stereocenters. The van der Waals surface area contributed by atoms with Gasteiger partial charge in [-0.15, -0.1) is 0 Å². The van der Waals surface area contributed by atoms with Crippen LogP contribution >= 0.6 is 0 Å². The maximum absolute atomic E-state index is 11.6. The number of amides is 1. The third-order valence-electron chi connectivity index (χ3n) is 3.35. The minimum atomic E-state index is 0.248.